The third kappa shape index (κ3) is 5.25. The second kappa shape index (κ2) is 8.89. The van der Waals surface area contributed by atoms with Crippen LogP contribution in [0.5, 0.6) is 0 Å². The molecule has 2 N–H and O–H groups in total. The predicted octanol–water partition coefficient (Wildman–Crippen LogP) is 2.25. The standard InChI is InChI=1S/C15H32N2O/c1-3-17(11-8-12-18)14-15(13-16-2)9-6-4-5-7-10-15/h16,18H,3-14H2,1-2H3. The number of hydrogen-bond acceptors (Lipinski definition) is 3. The summed E-state index contributed by atoms with van der Waals surface area (Å²) in [6.07, 6.45) is 9.23. The molecule has 18 heavy (non-hydrogen) atoms. The van der Waals surface area contributed by atoms with E-state index < -0.39 is 0 Å². The van der Waals surface area contributed by atoms with E-state index in [-0.39, 0.29) is 0 Å². The molecule has 0 heterocycles. The van der Waals surface area contributed by atoms with Gasteiger partial charge in [-0.05, 0) is 38.3 Å². The fourth-order valence-corrected chi connectivity index (χ4v) is 3.36. The fraction of sp³-hybridized carbons (Fsp3) is 1.00. The minimum absolute atomic E-state index is 0.315. The van der Waals surface area contributed by atoms with Gasteiger partial charge < -0.3 is 15.3 Å². The van der Waals surface area contributed by atoms with E-state index in [1.807, 2.05) is 0 Å². The Bertz CT molecular complexity index is 201. The summed E-state index contributed by atoms with van der Waals surface area (Å²) in [6, 6.07) is 0. The maximum Gasteiger partial charge on any atom is 0.0443 e. The molecular weight excluding hydrogens is 224 g/mol. The minimum atomic E-state index is 0.315. The topological polar surface area (TPSA) is 35.5 Å². The van der Waals surface area contributed by atoms with Crippen LogP contribution in [0.3, 0.4) is 0 Å². The monoisotopic (exact) mass is 256 g/mol. The first-order valence-corrected chi connectivity index (χ1v) is 7.74. The van der Waals surface area contributed by atoms with Gasteiger partial charge in [0.25, 0.3) is 0 Å². The van der Waals surface area contributed by atoms with Crippen LogP contribution in [0.1, 0.15) is 51.9 Å². The molecule has 1 aliphatic rings. The molecule has 0 bridgehead atoms. The first-order valence-electron chi connectivity index (χ1n) is 7.74. The van der Waals surface area contributed by atoms with Gasteiger partial charge in [-0.25, -0.2) is 0 Å². The second-order valence-corrected chi connectivity index (χ2v) is 5.89. The molecule has 1 saturated carbocycles. The maximum atomic E-state index is 8.99. The van der Waals surface area contributed by atoms with E-state index in [0.29, 0.717) is 12.0 Å². The van der Waals surface area contributed by atoms with Crippen molar-refractivity contribution in [3.63, 3.8) is 0 Å². The van der Waals surface area contributed by atoms with Crippen LogP contribution in [-0.4, -0.2) is 49.8 Å². The molecule has 0 radical (unpaired) electrons. The number of aliphatic hydroxyl groups excluding tert-OH is 1. The molecule has 0 amide bonds. The van der Waals surface area contributed by atoms with Crippen LogP contribution >= 0.6 is 0 Å². The van der Waals surface area contributed by atoms with Crippen molar-refractivity contribution in [2.24, 2.45) is 5.41 Å². The predicted molar refractivity (Wildman–Crippen MR) is 77.9 cm³/mol. The maximum absolute atomic E-state index is 8.99. The third-order valence-electron chi connectivity index (χ3n) is 4.35. The summed E-state index contributed by atoms with van der Waals surface area (Å²) in [5.41, 5.74) is 0.469. The Morgan fingerprint density at radius 2 is 1.83 bits per heavy atom. The van der Waals surface area contributed by atoms with Gasteiger partial charge in [-0.1, -0.05) is 32.6 Å². The van der Waals surface area contributed by atoms with Crippen LogP contribution in [-0.2, 0) is 0 Å². The van der Waals surface area contributed by atoms with Gasteiger partial charge >= 0.3 is 0 Å². The average Bonchev–Trinajstić information content (AvgIpc) is 2.61. The quantitative estimate of drug-likeness (QED) is 0.654. The van der Waals surface area contributed by atoms with E-state index in [4.69, 9.17) is 5.11 Å². The van der Waals surface area contributed by atoms with Crippen molar-refractivity contribution in [3.8, 4) is 0 Å². The van der Waals surface area contributed by atoms with Crippen LogP contribution in [0.2, 0.25) is 0 Å². The lowest BCUT2D eigenvalue weighted by Gasteiger charge is -2.38. The zero-order valence-corrected chi connectivity index (χ0v) is 12.4. The summed E-state index contributed by atoms with van der Waals surface area (Å²) < 4.78 is 0. The van der Waals surface area contributed by atoms with Crippen LogP contribution in [0.15, 0.2) is 0 Å². The zero-order chi connectivity index (χ0) is 13.3. The van der Waals surface area contributed by atoms with E-state index in [9.17, 15) is 0 Å². The van der Waals surface area contributed by atoms with Crippen molar-refractivity contribution < 1.29 is 5.11 Å². The van der Waals surface area contributed by atoms with Crippen molar-refractivity contribution in [2.45, 2.75) is 51.9 Å². The average molecular weight is 256 g/mol. The molecule has 3 heteroatoms. The van der Waals surface area contributed by atoms with E-state index in [1.165, 1.54) is 45.1 Å². The van der Waals surface area contributed by atoms with Crippen LogP contribution in [0.25, 0.3) is 0 Å². The Kier molecular flexibility index (Phi) is 7.87. The lowest BCUT2D eigenvalue weighted by molar-refractivity contribution is 0.125. The number of aliphatic hydroxyl groups is 1. The molecule has 1 fully saturated rings. The Morgan fingerprint density at radius 1 is 1.17 bits per heavy atom. The van der Waals surface area contributed by atoms with Crippen molar-refractivity contribution in [1.82, 2.24) is 10.2 Å². The Balaban J connectivity index is 2.57. The summed E-state index contributed by atoms with van der Waals surface area (Å²) in [4.78, 5) is 2.53. The van der Waals surface area contributed by atoms with Crippen molar-refractivity contribution >= 4 is 0 Å². The van der Waals surface area contributed by atoms with Gasteiger partial charge in [0.05, 0.1) is 0 Å². The molecule has 0 aromatic heterocycles. The largest absolute Gasteiger partial charge is 0.396 e. The van der Waals surface area contributed by atoms with Crippen LogP contribution < -0.4 is 5.32 Å². The van der Waals surface area contributed by atoms with Gasteiger partial charge in [-0.15, -0.1) is 0 Å². The highest BCUT2D eigenvalue weighted by atomic mass is 16.3. The van der Waals surface area contributed by atoms with Crippen molar-refractivity contribution in [2.75, 3.05) is 39.8 Å². The van der Waals surface area contributed by atoms with Gasteiger partial charge in [-0.2, -0.15) is 0 Å². The van der Waals surface area contributed by atoms with Gasteiger partial charge in [0, 0.05) is 26.2 Å². The Hall–Kier alpha value is -0.120. The highest BCUT2D eigenvalue weighted by Gasteiger charge is 2.31. The Labute approximate surface area is 113 Å². The number of nitrogens with zero attached hydrogens (tertiary/aromatic N) is 1. The van der Waals surface area contributed by atoms with E-state index in [1.54, 1.807) is 0 Å². The summed E-state index contributed by atoms with van der Waals surface area (Å²) in [7, 11) is 2.08. The van der Waals surface area contributed by atoms with E-state index in [2.05, 4.69) is 24.2 Å². The lowest BCUT2D eigenvalue weighted by atomic mass is 9.79. The van der Waals surface area contributed by atoms with Gasteiger partial charge in [0.1, 0.15) is 0 Å². The smallest absolute Gasteiger partial charge is 0.0443 e. The molecule has 1 rings (SSSR count). The zero-order valence-electron chi connectivity index (χ0n) is 12.4. The number of hydrogen-bond donors (Lipinski definition) is 2. The summed E-state index contributed by atoms with van der Waals surface area (Å²) in [5.74, 6) is 0. The van der Waals surface area contributed by atoms with Gasteiger partial charge in [0.15, 0.2) is 0 Å². The molecule has 3 nitrogen and oxygen atoms in total. The molecule has 0 saturated heterocycles. The fourth-order valence-electron chi connectivity index (χ4n) is 3.36. The normalized spacial score (nSPS) is 20.0. The molecule has 0 aromatic rings. The number of rotatable bonds is 8. The summed E-state index contributed by atoms with van der Waals surface area (Å²) >= 11 is 0. The van der Waals surface area contributed by atoms with Gasteiger partial charge in [-0.3, -0.25) is 0 Å². The highest BCUT2D eigenvalue weighted by molar-refractivity contribution is 4.86. The molecule has 0 spiro atoms. The Morgan fingerprint density at radius 3 is 2.33 bits per heavy atom. The summed E-state index contributed by atoms with van der Waals surface area (Å²) in [6.45, 7) is 7.04. The molecule has 0 aliphatic heterocycles. The van der Waals surface area contributed by atoms with E-state index >= 15 is 0 Å². The van der Waals surface area contributed by atoms with Crippen LogP contribution in [0.4, 0.5) is 0 Å². The lowest BCUT2D eigenvalue weighted by Crippen LogP contribution is -2.43. The van der Waals surface area contributed by atoms with Crippen molar-refractivity contribution in [1.29, 1.82) is 0 Å². The SMILES string of the molecule is CCN(CCCO)CC1(CNC)CCCCCC1. The first kappa shape index (κ1) is 15.9. The molecule has 0 atom stereocenters. The molecule has 1 aliphatic carbocycles. The highest BCUT2D eigenvalue weighted by Crippen LogP contribution is 2.35. The second-order valence-electron chi connectivity index (χ2n) is 5.89. The third-order valence-corrected chi connectivity index (χ3v) is 4.35. The molecule has 0 unspecified atom stereocenters. The van der Waals surface area contributed by atoms with Crippen LogP contribution in [0, 0.1) is 5.41 Å². The number of nitrogens with one attached hydrogen (secondary N) is 1. The molecule has 0 aromatic carbocycles. The molecular formula is C15H32N2O. The summed E-state index contributed by atoms with van der Waals surface area (Å²) in [5, 5.41) is 12.4. The van der Waals surface area contributed by atoms with Crippen molar-refractivity contribution in [3.05, 3.63) is 0 Å². The first-order chi connectivity index (χ1) is 8.76. The molecule has 108 valence electrons. The van der Waals surface area contributed by atoms with Gasteiger partial charge in [0.2, 0.25) is 0 Å². The minimum Gasteiger partial charge on any atom is -0.396 e. The van der Waals surface area contributed by atoms with E-state index in [0.717, 1.165) is 26.1 Å².